The molecule has 1 rings (SSSR count). The van der Waals surface area contributed by atoms with E-state index in [-0.39, 0.29) is 0 Å². The van der Waals surface area contributed by atoms with Crippen molar-refractivity contribution in [2.45, 2.75) is 26.4 Å². The van der Waals surface area contributed by atoms with Crippen LogP contribution in [0.25, 0.3) is 0 Å². The van der Waals surface area contributed by atoms with Gasteiger partial charge < -0.3 is 14.6 Å². The Morgan fingerprint density at radius 1 is 1.57 bits per heavy atom. The molecular weight excluding hydrogens is 176 g/mol. The Balaban J connectivity index is 2.53. The number of hydrogen-bond donors (Lipinski definition) is 1. The molecule has 3 heteroatoms. The molecule has 14 heavy (non-hydrogen) atoms. The lowest BCUT2D eigenvalue weighted by Gasteiger charge is -2.14. The lowest BCUT2D eigenvalue weighted by atomic mass is 10.2. The summed E-state index contributed by atoms with van der Waals surface area (Å²) in [6, 6.07) is 4.62. The molecule has 0 amide bonds. The molecule has 0 aromatic carbocycles. The Morgan fingerprint density at radius 3 is 3.00 bits per heavy atom. The number of nitrogens with zero attached hydrogens (tertiary/aromatic N) is 1. The number of nitrogens with one attached hydrogen (secondary N) is 1. The zero-order chi connectivity index (χ0) is 10.4. The van der Waals surface area contributed by atoms with Crippen LogP contribution in [0.4, 0.5) is 0 Å². The summed E-state index contributed by atoms with van der Waals surface area (Å²) in [5.41, 5.74) is 1.31. The molecule has 1 unspecified atom stereocenters. The first kappa shape index (κ1) is 11.3. The highest BCUT2D eigenvalue weighted by Gasteiger charge is 2.06. The van der Waals surface area contributed by atoms with E-state index in [0.717, 1.165) is 19.8 Å². The smallest absolute Gasteiger partial charge is 0.0645 e. The second-order valence-corrected chi connectivity index (χ2v) is 3.33. The highest BCUT2D eigenvalue weighted by molar-refractivity contribution is 5.11. The maximum Gasteiger partial charge on any atom is 0.0645 e. The Kier molecular flexibility index (Phi) is 4.70. The van der Waals surface area contributed by atoms with Crippen LogP contribution in [0.2, 0.25) is 0 Å². The van der Waals surface area contributed by atoms with Gasteiger partial charge in [0.05, 0.1) is 6.61 Å². The summed E-state index contributed by atoms with van der Waals surface area (Å²) in [6.07, 6.45) is 2.10. The van der Waals surface area contributed by atoms with Gasteiger partial charge in [-0.05, 0) is 33.0 Å². The van der Waals surface area contributed by atoms with Crippen LogP contribution in [0.15, 0.2) is 18.3 Å². The summed E-state index contributed by atoms with van der Waals surface area (Å²) in [4.78, 5) is 0. The van der Waals surface area contributed by atoms with Gasteiger partial charge in [-0.15, -0.1) is 0 Å². The van der Waals surface area contributed by atoms with Gasteiger partial charge in [-0.2, -0.15) is 0 Å². The second kappa shape index (κ2) is 5.83. The minimum absolute atomic E-state index is 0.395. The summed E-state index contributed by atoms with van der Waals surface area (Å²) in [5, 5.41) is 3.24. The van der Waals surface area contributed by atoms with Crippen molar-refractivity contribution in [3.05, 3.63) is 24.0 Å². The third kappa shape index (κ3) is 2.86. The van der Waals surface area contributed by atoms with Gasteiger partial charge >= 0.3 is 0 Å². The van der Waals surface area contributed by atoms with E-state index in [4.69, 9.17) is 4.74 Å². The second-order valence-electron chi connectivity index (χ2n) is 3.33. The van der Waals surface area contributed by atoms with Crippen molar-refractivity contribution >= 4 is 0 Å². The van der Waals surface area contributed by atoms with Crippen molar-refractivity contribution in [3.8, 4) is 0 Å². The topological polar surface area (TPSA) is 26.2 Å². The lowest BCUT2D eigenvalue weighted by Crippen LogP contribution is -2.17. The standard InChI is InChI=1S/C11H20N2O/c1-4-14-9-8-13-7-5-6-11(13)10(2)12-3/h5-7,10,12H,4,8-9H2,1-3H3. The highest BCUT2D eigenvalue weighted by Crippen LogP contribution is 2.12. The van der Waals surface area contributed by atoms with Crippen LogP contribution in [0.3, 0.4) is 0 Å². The number of rotatable bonds is 6. The first-order chi connectivity index (χ1) is 6.79. The maximum absolute atomic E-state index is 5.33. The average Bonchev–Trinajstić information content (AvgIpc) is 2.65. The highest BCUT2D eigenvalue weighted by atomic mass is 16.5. The fraction of sp³-hybridized carbons (Fsp3) is 0.636. The molecule has 0 spiro atoms. The predicted octanol–water partition coefficient (Wildman–Crippen LogP) is 1.81. The molecule has 80 valence electrons. The Hall–Kier alpha value is -0.800. The van der Waals surface area contributed by atoms with Crippen LogP contribution in [0.1, 0.15) is 25.6 Å². The van der Waals surface area contributed by atoms with Crippen molar-refractivity contribution in [2.75, 3.05) is 20.3 Å². The quantitative estimate of drug-likeness (QED) is 0.702. The van der Waals surface area contributed by atoms with Gasteiger partial charge in [0.15, 0.2) is 0 Å². The zero-order valence-corrected chi connectivity index (χ0v) is 9.29. The van der Waals surface area contributed by atoms with Crippen LogP contribution in [0, 0.1) is 0 Å². The first-order valence-corrected chi connectivity index (χ1v) is 5.19. The van der Waals surface area contributed by atoms with E-state index in [2.05, 4.69) is 35.1 Å². The van der Waals surface area contributed by atoms with Crippen molar-refractivity contribution in [3.63, 3.8) is 0 Å². The van der Waals surface area contributed by atoms with Crippen LogP contribution in [0.5, 0.6) is 0 Å². The molecular formula is C11H20N2O. The van der Waals surface area contributed by atoms with Gasteiger partial charge in [0.1, 0.15) is 0 Å². The molecule has 0 saturated heterocycles. The fourth-order valence-electron chi connectivity index (χ4n) is 1.48. The van der Waals surface area contributed by atoms with E-state index < -0.39 is 0 Å². The molecule has 1 atom stereocenters. The molecule has 3 nitrogen and oxygen atoms in total. The Morgan fingerprint density at radius 2 is 2.36 bits per heavy atom. The van der Waals surface area contributed by atoms with Crippen LogP contribution < -0.4 is 5.32 Å². The van der Waals surface area contributed by atoms with E-state index in [0.29, 0.717) is 6.04 Å². The van der Waals surface area contributed by atoms with Crippen molar-refractivity contribution < 1.29 is 4.74 Å². The molecule has 0 aliphatic rings. The molecule has 0 saturated carbocycles. The SMILES string of the molecule is CCOCCn1cccc1C(C)NC. The molecule has 0 radical (unpaired) electrons. The van der Waals surface area contributed by atoms with Gasteiger partial charge in [-0.3, -0.25) is 0 Å². The first-order valence-electron chi connectivity index (χ1n) is 5.19. The van der Waals surface area contributed by atoms with E-state index in [1.54, 1.807) is 0 Å². The minimum atomic E-state index is 0.395. The Bertz CT molecular complexity index is 258. The molecule has 0 fully saturated rings. The van der Waals surface area contributed by atoms with Gasteiger partial charge in [-0.25, -0.2) is 0 Å². The van der Waals surface area contributed by atoms with Crippen LogP contribution >= 0.6 is 0 Å². The lowest BCUT2D eigenvalue weighted by molar-refractivity contribution is 0.138. The number of ether oxygens (including phenoxy) is 1. The fourth-order valence-corrected chi connectivity index (χ4v) is 1.48. The molecule has 0 aliphatic heterocycles. The number of aromatic nitrogens is 1. The van der Waals surface area contributed by atoms with Crippen molar-refractivity contribution in [1.29, 1.82) is 0 Å². The summed E-state index contributed by atoms with van der Waals surface area (Å²) in [6.45, 7) is 6.69. The molecule has 1 heterocycles. The van der Waals surface area contributed by atoms with Crippen molar-refractivity contribution in [2.24, 2.45) is 0 Å². The van der Waals surface area contributed by atoms with E-state index in [1.165, 1.54) is 5.69 Å². The maximum atomic E-state index is 5.33. The third-order valence-corrected chi connectivity index (χ3v) is 2.42. The summed E-state index contributed by atoms with van der Waals surface area (Å²) in [7, 11) is 1.98. The van der Waals surface area contributed by atoms with Gasteiger partial charge in [0, 0.05) is 31.1 Å². The minimum Gasteiger partial charge on any atom is -0.380 e. The van der Waals surface area contributed by atoms with E-state index in [1.807, 2.05) is 14.0 Å². The molecule has 1 aromatic rings. The summed E-state index contributed by atoms with van der Waals surface area (Å²) < 4.78 is 7.57. The predicted molar refractivity (Wildman–Crippen MR) is 58.4 cm³/mol. The van der Waals surface area contributed by atoms with Crippen molar-refractivity contribution in [1.82, 2.24) is 9.88 Å². The third-order valence-electron chi connectivity index (χ3n) is 2.42. The number of hydrogen-bond acceptors (Lipinski definition) is 2. The molecule has 0 aliphatic carbocycles. The summed E-state index contributed by atoms with van der Waals surface area (Å²) in [5.74, 6) is 0. The van der Waals surface area contributed by atoms with Gasteiger partial charge in [0.2, 0.25) is 0 Å². The van der Waals surface area contributed by atoms with Gasteiger partial charge in [0.25, 0.3) is 0 Å². The average molecular weight is 196 g/mol. The van der Waals surface area contributed by atoms with Gasteiger partial charge in [-0.1, -0.05) is 0 Å². The summed E-state index contributed by atoms with van der Waals surface area (Å²) >= 11 is 0. The van der Waals surface area contributed by atoms with Crippen LogP contribution in [-0.2, 0) is 11.3 Å². The largest absolute Gasteiger partial charge is 0.380 e. The monoisotopic (exact) mass is 196 g/mol. The molecule has 1 N–H and O–H groups in total. The van der Waals surface area contributed by atoms with Crippen LogP contribution in [-0.4, -0.2) is 24.8 Å². The molecule has 0 bridgehead atoms. The zero-order valence-electron chi connectivity index (χ0n) is 9.29. The normalized spacial score (nSPS) is 13.1. The van der Waals surface area contributed by atoms with E-state index >= 15 is 0 Å². The van der Waals surface area contributed by atoms with E-state index in [9.17, 15) is 0 Å². The Labute approximate surface area is 86.1 Å². The molecule has 1 aromatic heterocycles.